The van der Waals surface area contributed by atoms with E-state index in [-0.39, 0.29) is 27.9 Å². The molecule has 0 spiro atoms. The van der Waals surface area contributed by atoms with Crippen LogP contribution in [0.1, 0.15) is 5.56 Å². The van der Waals surface area contributed by atoms with E-state index in [9.17, 15) is 19.2 Å². The van der Waals surface area contributed by atoms with Crippen molar-refractivity contribution in [1.82, 2.24) is 9.88 Å². The maximum absolute atomic E-state index is 13.1. The summed E-state index contributed by atoms with van der Waals surface area (Å²) in [6.07, 6.45) is 2.84. The summed E-state index contributed by atoms with van der Waals surface area (Å²) in [7, 11) is 0. The van der Waals surface area contributed by atoms with Gasteiger partial charge in [0.1, 0.15) is 12.1 Å². The van der Waals surface area contributed by atoms with E-state index in [0.29, 0.717) is 16.5 Å². The number of nitrogens with one attached hydrogen (secondary N) is 1. The Balaban J connectivity index is 1.83. The molecule has 4 amide bonds. The van der Waals surface area contributed by atoms with Crippen molar-refractivity contribution in [2.75, 3.05) is 4.90 Å². The first kappa shape index (κ1) is 20.6. The molecule has 10 heteroatoms. The molecule has 1 aromatic heterocycles. The molecule has 0 unspecified atom stereocenters. The first-order valence-corrected chi connectivity index (χ1v) is 9.68. The second-order valence-electron chi connectivity index (χ2n) is 6.65. The van der Waals surface area contributed by atoms with E-state index in [1.807, 2.05) is 0 Å². The second kappa shape index (κ2) is 7.90. The quantitative estimate of drug-likeness (QED) is 0.458. The highest BCUT2D eigenvalue weighted by Gasteiger charge is 2.38. The summed E-state index contributed by atoms with van der Waals surface area (Å²) in [5, 5.41) is 12.0. The molecule has 3 aromatic rings. The van der Waals surface area contributed by atoms with Gasteiger partial charge in [-0.05, 0) is 24.3 Å². The molecule has 31 heavy (non-hydrogen) atoms. The van der Waals surface area contributed by atoms with Crippen LogP contribution in [0.2, 0.25) is 10.0 Å². The number of aromatic nitrogens is 1. The molecular formula is C21H13Cl2N3O5. The Hall–Kier alpha value is -3.62. The van der Waals surface area contributed by atoms with Gasteiger partial charge in [-0.2, -0.15) is 0 Å². The van der Waals surface area contributed by atoms with E-state index < -0.39 is 23.8 Å². The maximum atomic E-state index is 13.1. The largest absolute Gasteiger partial charge is 0.480 e. The molecule has 1 fully saturated rings. The number of urea groups is 1. The fraction of sp³-hybridized carbons (Fsp3) is 0.0476. The number of aliphatic carboxylic acids is 1. The van der Waals surface area contributed by atoms with Crippen molar-refractivity contribution in [2.45, 2.75) is 6.54 Å². The summed E-state index contributed by atoms with van der Waals surface area (Å²) in [6.45, 7) is -0.299. The van der Waals surface area contributed by atoms with E-state index in [2.05, 4.69) is 5.32 Å². The number of anilines is 1. The average molecular weight is 458 g/mol. The van der Waals surface area contributed by atoms with Gasteiger partial charge in [0.05, 0.1) is 15.7 Å². The summed E-state index contributed by atoms with van der Waals surface area (Å²) in [5.41, 5.74) is 0.783. The Morgan fingerprint density at radius 1 is 1.06 bits per heavy atom. The summed E-state index contributed by atoms with van der Waals surface area (Å²) >= 11 is 12.2. The van der Waals surface area contributed by atoms with Crippen LogP contribution >= 0.6 is 23.2 Å². The van der Waals surface area contributed by atoms with Gasteiger partial charge in [0.15, 0.2) is 0 Å². The number of rotatable bonds is 4. The Kier molecular flexibility index (Phi) is 5.26. The number of amides is 4. The predicted octanol–water partition coefficient (Wildman–Crippen LogP) is 3.70. The number of halogens is 2. The molecule has 0 saturated carbocycles. The zero-order valence-electron chi connectivity index (χ0n) is 15.6. The average Bonchev–Trinajstić information content (AvgIpc) is 3.05. The zero-order valence-corrected chi connectivity index (χ0v) is 17.1. The van der Waals surface area contributed by atoms with Gasteiger partial charge in [-0.1, -0.05) is 47.5 Å². The fourth-order valence-corrected chi connectivity index (χ4v) is 3.74. The molecule has 1 aliphatic heterocycles. The van der Waals surface area contributed by atoms with Crippen molar-refractivity contribution in [1.29, 1.82) is 0 Å². The predicted molar refractivity (Wildman–Crippen MR) is 115 cm³/mol. The van der Waals surface area contributed by atoms with Gasteiger partial charge in [-0.25, -0.2) is 9.69 Å². The zero-order chi connectivity index (χ0) is 22.3. The Morgan fingerprint density at radius 2 is 1.81 bits per heavy atom. The number of carbonyl (C=O) groups excluding carboxylic acids is 3. The van der Waals surface area contributed by atoms with Gasteiger partial charge in [-0.3, -0.25) is 19.7 Å². The van der Waals surface area contributed by atoms with Gasteiger partial charge >= 0.3 is 12.0 Å². The van der Waals surface area contributed by atoms with Crippen molar-refractivity contribution in [2.24, 2.45) is 0 Å². The fourth-order valence-electron chi connectivity index (χ4n) is 3.36. The number of para-hydroxylation sites is 1. The normalized spacial score (nSPS) is 15.6. The number of hydrogen-bond donors (Lipinski definition) is 2. The van der Waals surface area contributed by atoms with Gasteiger partial charge in [0, 0.05) is 22.7 Å². The third-order valence-corrected chi connectivity index (χ3v) is 5.51. The van der Waals surface area contributed by atoms with Crippen molar-refractivity contribution in [3.05, 3.63) is 69.8 Å². The van der Waals surface area contributed by atoms with Crippen molar-refractivity contribution in [3.63, 3.8) is 0 Å². The molecule has 0 bridgehead atoms. The van der Waals surface area contributed by atoms with Crippen LogP contribution in [0, 0.1) is 0 Å². The number of barbiturate groups is 1. The van der Waals surface area contributed by atoms with Crippen molar-refractivity contribution < 1.29 is 24.3 Å². The summed E-state index contributed by atoms with van der Waals surface area (Å²) in [4.78, 5) is 49.9. The van der Waals surface area contributed by atoms with Crippen LogP contribution in [-0.4, -0.2) is 33.5 Å². The number of benzene rings is 2. The first-order chi connectivity index (χ1) is 14.8. The number of carboxylic acid groups (broad SMARTS) is 1. The number of imide groups is 2. The molecule has 1 aliphatic rings. The molecule has 0 aliphatic carbocycles. The molecule has 1 saturated heterocycles. The lowest BCUT2D eigenvalue weighted by Crippen LogP contribution is -2.54. The van der Waals surface area contributed by atoms with E-state index in [1.165, 1.54) is 35.0 Å². The van der Waals surface area contributed by atoms with E-state index >= 15 is 0 Å². The topological polar surface area (TPSA) is 109 Å². The Bertz CT molecular complexity index is 1310. The minimum absolute atomic E-state index is 0.0144. The lowest BCUT2D eigenvalue weighted by atomic mass is 10.1. The maximum Gasteiger partial charge on any atom is 0.336 e. The first-order valence-electron chi connectivity index (χ1n) is 8.93. The Labute approximate surface area is 185 Å². The van der Waals surface area contributed by atoms with Gasteiger partial charge < -0.3 is 9.67 Å². The lowest BCUT2D eigenvalue weighted by Gasteiger charge is -2.27. The van der Waals surface area contributed by atoms with Crippen LogP contribution in [0.25, 0.3) is 17.0 Å². The highest BCUT2D eigenvalue weighted by molar-refractivity contribution is 6.46. The number of carboxylic acids is 1. The molecule has 156 valence electrons. The van der Waals surface area contributed by atoms with Crippen LogP contribution in [0.4, 0.5) is 10.5 Å². The highest BCUT2D eigenvalue weighted by atomic mass is 35.5. The SMILES string of the molecule is O=C(O)Cn1cc(/C=C2\C(=O)NC(=O)N(c3cccc(Cl)c3Cl)C2=O)c2ccccc21. The number of carbonyl (C=O) groups is 4. The van der Waals surface area contributed by atoms with Crippen LogP contribution in [0.3, 0.4) is 0 Å². The van der Waals surface area contributed by atoms with E-state index in [1.54, 1.807) is 24.3 Å². The highest BCUT2D eigenvalue weighted by Crippen LogP contribution is 2.34. The lowest BCUT2D eigenvalue weighted by molar-refractivity contribution is -0.137. The van der Waals surface area contributed by atoms with Gasteiger partial charge in [0.25, 0.3) is 11.8 Å². The van der Waals surface area contributed by atoms with Crippen molar-refractivity contribution >= 4 is 69.7 Å². The smallest absolute Gasteiger partial charge is 0.336 e. The van der Waals surface area contributed by atoms with Crippen LogP contribution in [0.15, 0.2) is 54.2 Å². The molecule has 4 rings (SSSR count). The number of hydrogen-bond acceptors (Lipinski definition) is 4. The summed E-state index contributed by atoms with van der Waals surface area (Å²) in [5.74, 6) is -2.80. The molecule has 0 radical (unpaired) electrons. The standard InChI is InChI=1S/C21H13Cl2N3O5/c22-14-5-3-7-16(18(14)23)26-20(30)13(19(29)24-21(26)31)8-11-9-25(10-17(27)28)15-6-2-1-4-12(11)15/h1-9H,10H2,(H,27,28)(H,24,29,31)/b13-8+. The third-order valence-electron chi connectivity index (χ3n) is 4.70. The second-order valence-corrected chi connectivity index (χ2v) is 7.44. The number of fused-ring (bicyclic) bond motifs is 1. The summed E-state index contributed by atoms with van der Waals surface area (Å²) in [6, 6.07) is 10.5. The van der Waals surface area contributed by atoms with Gasteiger partial charge in [0.2, 0.25) is 0 Å². The number of nitrogens with zero attached hydrogens (tertiary/aromatic N) is 2. The molecule has 8 nitrogen and oxygen atoms in total. The molecular weight excluding hydrogens is 445 g/mol. The van der Waals surface area contributed by atoms with Crippen LogP contribution in [0.5, 0.6) is 0 Å². The monoisotopic (exact) mass is 457 g/mol. The van der Waals surface area contributed by atoms with Crippen LogP contribution in [-0.2, 0) is 20.9 Å². The Morgan fingerprint density at radius 3 is 2.55 bits per heavy atom. The molecule has 2 heterocycles. The van der Waals surface area contributed by atoms with Gasteiger partial charge in [-0.15, -0.1) is 0 Å². The third kappa shape index (κ3) is 3.67. The molecule has 2 aromatic carbocycles. The molecule has 0 atom stereocenters. The van der Waals surface area contributed by atoms with Crippen molar-refractivity contribution in [3.8, 4) is 0 Å². The summed E-state index contributed by atoms with van der Waals surface area (Å²) < 4.78 is 1.49. The minimum Gasteiger partial charge on any atom is -0.480 e. The van der Waals surface area contributed by atoms with E-state index in [0.717, 1.165) is 4.90 Å². The van der Waals surface area contributed by atoms with Crippen LogP contribution < -0.4 is 10.2 Å². The van der Waals surface area contributed by atoms with E-state index in [4.69, 9.17) is 28.3 Å². The molecule has 2 N–H and O–H groups in total. The minimum atomic E-state index is -1.04.